The first kappa shape index (κ1) is 9.86. The van der Waals surface area contributed by atoms with Crippen molar-refractivity contribution in [1.82, 2.24) is 4.98 Å². The molecular formula is C11H11N3S. The Hall–Kier alpha value is -1.68. The minimum absolute atomic E-state index is 0.0762. The number of hydrogen-bond donors (Lipinski definition) is 2. The number of nitrogens with zero attached hydrogens (tertiary/aromatic N) is 1. The Morgan fingerprint density at radius 1 is 1.40 bits per heavy atom. The summed E-state index contributed by atoms with van der Waals surface area (Å²) in [5, 5.41) is 8.23. The zero-order chi connectivity index (χ0) is 10.8. The van der Waals surface area contributed by atoms with Crippen LogP contribution in [-0.4, -0.2) is 10.8 Å². The van der Waals surface area contributed by atoms with E-state index in [9.17, 15) is 0 Å². The minimum Gasteiger partial charge on any atom is -0.383 e. The molecule has 0 saturated carbocycles. The van der Waals surface area contributed by atoms with Gasteiger partial charge in [0.2, 0.25) is 0 Å². The summed E-state index contributed by atoms with van der Waals surface area (Å²) in [5.74, 6) is 0.0762. The first-order valence-electron chi connectivity index (χ1n) is 4.54. The predicted octanol–water partition coefficient (Wildman–Crippen LogP) is 2.40. The number of amidine groups is 1. The minimum atomic E-state index is 0.0762. The third-order valence-corrected chi connectivity index (χ3v) is 3.21. The van der Waals surface area contributed by atoms with Crippen LogP contribution in [0.3, 0.4) is 0 Å². The Morgan fingerprint density at radius 3 is 2.73 bits per heavy atom. The number of nitrogens with one attached hydrogen (secondary N) is 1. The van der Waals surface area contributed by atoms with Gasteiger partial charge in [-0.2, -0.15) is 0 Å². The lowest BCUT2D eigenvalue weighted by Crippen LogP contribution is -2.08. The summed E-state index contributed by atoms with van der Waals surface area (Å²) in [5.41, 5.74) is 7.69. The maximum Gasteiger partial charge on any atom is 0.134 e. The van der Waals surface area contributed by atoms with Crippen molar-refractivity contribution in [2.45, 2.75) is 6.92 Å². The van der Waals surface area contributed by atoms with Crippen LogP contribution in [0.2, 0.25) is 0 Å². The van der Waals surface area contributed by atoms with Gasteiger partial charge in [-0.05, 0) is 12.5 Å². The fourth-order valence-electron chi connectivity index (χ4n) is 1.34. The molecule has 76 valence electrons. The number of aromatic nitrogens is 1. The van der Waals surface area contributed by atoms with Crippen LogP contribution in [0.15, 0.2) is 30.5 Å². The van der Waals surface area contributed by atoms with Gasteiger partial charge in [-0.3, -0.25) is 5.41 Å². The lowest BCUT2D eigenvalue weighted by molar-refractivity contribution is 1.36. The van der Waals surface area contributed by atoms with Crippen molar-refractivity contribution in [3.8, 4) is 10.6 Å². The van der Waals surface area contributed by atoms with Crippen LogP contribution in [0, 0.1) is 12.3 Å². The van der Waals surface area contributed by atoms with Gasteiger partial charge in [-0.25, -0.2) is 4.98 Å². The van der Waals surface area contributed by atoms with Crippen LogP contribution >= 0.6 is 11.3 Å². The molecule has 1 aromatic carbocycles. The quantitative estimate of drug-likeness (QED) is 0.599. The average Bonchev–Trinajstić information content (AvgIpc) is 2.67. The zero-order valence-electron chi connectivity index (χ0n) is 8.32. The second-order valence-corrected chi connectivity index (χ2v) is 4.29. The Morgan fingerprint density at radius 2 is 2.13 bits per heavy atom. The van der Waals surface area contributed by atoms with Crippen molar-refractivity contribution < 1.29 is 0 Å². The van der Waals surface area contributed by atoms with Gasteiger partial charge >= 0.3 is 0 Å². The van der Waals surface area contributed by atoms with Crippen LogP contribution in [0.4, 0.5) is 0 Å². The summed E-state index contributed by atoms with van der Waals surface area (Å²) in [4.78, 5) is 4.98. The highest BCUT2D eigenvalue weighted by molar-refractivity contribution is 7.16. The van der Waals surface area contributed by atoms with Gasteiger partial charge in [0.25, 0.3) is 0 Å². The molecule has 0 saturated heterocycles. The fraction of sp³-hybridized carbons (Fsp3) is 0.0909. The van der Waals surface area contributed by atoms with E-state index >= 15 is 0 Å². The van der Waals surface area contributed by atoms with Crippen LogP contribution in [0.5, 0.6) is 0 Å². The number of nitrogen functional groups attached to an aromatic ring is 1. The van der Waals surface area contributed by atoms with E-state index in [2.05, 4.69) is 4.98 Å². The maximum absolute atomic E-state index is 7.31. The van der Waals surface area contributed by atoms with E-state index in [-0.39, 0.29) is 5.84 Å². The monoisotopic (exact) mass is 217 g/mol. The van der Waals surface area contributed by atoms with Crippen LogP contribution < -0.4 is 5.73 Å². The topological polar surface area (TPSA) is 62.8 Å². The van der Waals surface area contributed by atoms with E-state index in [4.69, 9.17) is 11.1 Å². The number of aryl methyl sites for hydroxylation is 1. The standard InChI is InChI=1S/C11H11N3S/c1-7-4-2-3-5-8(7)11-14-6-9(15-11)10(12)13/h2-6H,1H3,(H3,12,13). The van der Waals surface area contributed by atoms with Gasteiger partial charge in [0.05, 0.1) is 4.88 Å². The maximum atomic E-state index is 7.31. The van der Waals surface area contributed by atoms with Gasteiger partial charge in [-0.1, -0.05) is 24.3 Å². The highest BCUT2D eigenvalue weighted by Crippen LogP contribution is 2.27. The summed E-state index contributed by atoms with van der Waals surface area (Å²) < 4.78 is 0. The molecule has 0 unspecified atom stereocenters. The molecular weight excluding hydrogens is 206 g/mol. The molecule has 4 heteroatoms. The van der Waals surface area contributed by atoms with Gasteiger partial charge in [0.1, 0.15) is 10.8 Å². The predicted molar refractivity (Wildman–Crippen MR) is 63.3 cm³/mol. The van der Waals surface area contributed by atoms with Gasteiger partial charge in [0, 0.05) is 11.8 Å². The molecule has 0 bridgehead atoms. The molecule has 1 heterocycles. The van der Waals surface area contributed by atoms with Crippen LogP contribution in [0.1, 0.15) is 10.4 Å². The van der Waals surface area contributed by atoms with Crippen molar-refractivity contribution in [3.05, 3.63) is 40.9 Å². The first-order chi connectivity index (χ1) is 7.18. The number of rotatable bonds is 2. The molecule has 0 atom stereocenters. The Kier molecular flexibility index (Phi) is 2.51. The van der Waals surface area contributed by atoms with E-state index < -0.39 is 0 Å². The molecule has 0 radical (unpaired) electrons. The fourth-order valence-corrected chi connectivity index (χ4v) is 2.20. The van der Waals surface area contributed by atoms with Gasteiger partial charge in [-0.15, -0.1) is 11.3 Å². The number of thiazole rings is 1. The van der Waals surface area contributed by atoms with Crippen molar-refractivity contribution in [2.24, 2.45) is 5.73 Å². The van der Waals surface area contributed by atoms with E-state index in [1.165, 1.54) is 16.9 Å². The summed E-state index contributed by atoms with van der Waals surface area (Å²) in [6, 6.07) is 8.05. The molecule has 0 spiro atoms. The smallest absolute Gasteiger partial charge is 0.134 e. The Labute approximate surface area is 92.1 Å². The summed E-state index contributed by atoms with van der Waals surface area (Å²) in [6.07, 6.45) is 1.65. The Balaban J connectivity index is 2.46. The van der Waals surface area contributed by atoms with Crippen LogP contribution in [-0.2, 0) is 0 Å². The van der Waals surface area contributed by atoms with E-state index in [1.54, 1.807) is 6.20 Å². The average molecular weight is 217 g/mol. The molecule has 0 fully saturated rings. The van der Waals surface area contributed by atoms with Gasteiger partial charge in [0.15, 0.2) is 0 Å². The first-order valence-corrected chi connectivity index (χ1v) is 5.36. The summed E-state index contributed by atoms with van der Waals surface area (Å²) in [7, 11) is 0. The third kappa shape index (κ3) is 1.89. The molecule has 15 heavy (non-hydrogen) atoms. The molecule has 0 aliphatic rings. The largest absolute Gasteiger partial charge is 0.383 e. The Bertz CT molecular complexity index is 502. The van der Waals surface area contributed by atoms with Gasteiger partial charge < -0.3 is 5.73 Å². The molecule has 2 rings (SSSR count). The molecule has 1 aromatic heterocycles. The number of nitrogens with two attached hydrogens (primary N) is 1. The van der Waals surface area contributed by atoms with E-state index in [1.807, 2.05) is 31.2 Å². The lowest BCUT2D eigenvalue weighted by Gasteiger charge is -1.99. The second kappa shape index (κ2) is 3.82. The molecule has 0 aliphatic carbocycles. The normalized spacial score (nSPS) is 10.2. The van der Waals surface area contributed by atoms with E-state index in [0.717, 1.165) is 10.6 Å². The molecule has 3 nitrogen and oxygen atoms in total. The molecule has 3 N–H and O–H groups in total. The van der Waals surface area contributed by atoms with Crippen molar-refractivity contribution in [1.29, 1.82) is 5.41 Å². The SMILES string of the molecule is Cc1ccccc1-c1ncc(C(=N)N)s1. The second-order valence-electron chi connectivity index (χ2n) is 3.26. The molecule has 0 aliphatic heterocycles. The van der Waals surface area contributed by atoms with Crippen molar-refractivity contribution >= 4 is 17.2 Å². The highest BCUT2D eigenvalue weighted by atomic mass is 32.1. The lowest BCUT2D eigenvalue weighted by atomic mass is 10.1. The zero-order valence-corrected chi connectivity index (χ0v) is 9.14. The molecule has 0 amide bonds. The van der Waals surface area contributed by atoms with Crippen molar-refractivity contribution in [3.63, 3.8) is 0 Å². The van der Waals surface area contributed by atoms with Crippen LogP contribution in [0.25, 0.3) is 10.6 Å². The number of hydrogen-bond acceptors (Lipinski definition) is 3. The number of benzene rings is 1. The third-order valence-electron chi connectivity index (χ3n) is 2.15. The summed E-state index contributed by atoms with van der Waals surface area (Å²) >= 11 is 1.45. The van der Waals surface area contributed by atoms with Crippen molar-refractivity contribution in [2.75, 3.05) is 0 Å². The van der Waals surface area contributed by atoms with E-state index in [0.29, 0.717) is 4.88 Å². The summed E-state index contributed by atoms with van der Waals surface area (Å²) in [6.45, 7) is 2.05. The molecule has 2 aromatic rings. The highest BCUT2D eigenvalue weighted by Gasteiger charge is 2.07.